The van der Waals surface area contributed by atoms with E-state index in [1.165, 1.54) is 0 Å². The van der Waals surface area contributed by atoms with E-state index in [9.17, 15) is 0 Å². The molecule has 0 spiro atoms. The second kappa shape index (κ2) is 5.00. The van der Waals surface area contributed by atoms with Crippen molar-refractivity contribution in [1.82, 2.24) is 9.55 Å². The summed E-state index contributed by atoms with van der Waals surface area (Å²) in [6.07, 6.45) is 0. The van der Waals surface area contributed by atoms with Crippen LogP contribution in [0.15, 0.2) is 42.5 Å². The maximum absolute atomic E-state index is 6.07. The highest BCUT2D eigenvalue weighted by Crippen LogP contribution is 2.29. The molecule has 3 rings (SSSR count). The molecule has 0 aliphatic rings. The van der Waals surface area contributed by atoms with E-state index in [4.69, 9.17) is 28.9 Å². The number of anilines is 1. The summed E-state index contributed by atoms with van der Waals surface area (Å²) in [5, 5.41) is 1.38. The molecule has 0 saturated heterocycles. The minimum absolute atomic E-state index is 0.0516. The minimum atomic E-state index is 0.0516. The van der Waals surface area contributed by atoms with Crippen LogP contribution in [0.5, 0.6) is 0 Å². The summed E-state index contributed by atoms with van der Waals surface area (Å²) in [5.74, 6) is 0.477. The van der Waals surface area contributed by atoms with Gasteiger partial charge in [0.2, 0.25) is 5.95 Å². The van der Waals surface area contributed by atoms with Gasteiger partial charge in [-0.25, -0.2) is 4.98 Å². The number of hydrogen-bond acceptors (Lipinski definition) is 2. The van der Waals surface area contributed by atoms with Gasteiger partial charge in [-0.05, 0) is 42.8 Å². The summed E-state index contributed by atoms with van der Waals surface area (Å²) in [6.45, 7) is 2.07. The van der Waals surface area contributed by atoms with Crippen LogP contribution in [-0.4, -0.2) is 9.55 Å². The van der Waals surface area contributed by atoms with Crippen molar-refractivity contribution in [3.05, 3.63) is 58.1 Å². The highest BCUT2D eigenvalue weighted by Gasteiger charge is 2.15. The molecule has 0 amide bonds. The van der Waals surface area contributed by atoms with Crippen molar-refractivity contribution >= 4 is 40.2 Å². The molecule has 2 N–H and O–H groups in total. The van der Waals surface area contributed by atoms with Crippen LogP contribution in [0.25, 0.3) is 11.0 Å². The zero-order valence-electron chi connectivity index (χ0n) is 10.8. The fourth-order valence-corrected chi connectivity index (χ4v) is 2.67. The van der Waals surface area contributed by atoms with Crippen molar-refractivity contribution in [2.24, 2.45) is 0 Å². The molecule has 3 nitrogen and oxygen atoms in total. The Kier molecular flexibility index (Phi) is 3.32. The summed E-state index contributed by atoms with van der Waals surface area (Å²) < 4.78 is 1.98. The molecule has 2 aromatic carbocycles. The van der Waals surface area contributed by atoms with Crippen LogP contribution >= 0.6 is 23.2 Å². The number of nitrogens with zero attached hydrogens (tertiary/aromatic N) is 2. The van der Waals surface area contributed by atoms with Gasteiger partial charge in [0.1, 0.15) is 0 Å². The van der Waals surface area contributed by atoms with Gasteiger partial charge in [-0.3, -0.25) is 0 Å². The topological polar surface area (TPSA) is 43.8 Å². The third kappa shape index (κ3) is 2.23. The van der Waals surface area contributed by atoms with Gasteiger partial charge >= 0.3 is 0 Å². The maximum atomic E-state index is 6.07. The largest absolute Gasteiger partial charge is 0.369 e. The number of imidazole rings is 1. The highest BCUT2D eigenvalue weighted by molar-refractivity contribution is 6.31. The first-order valence-electron chi connectivity index (χ1n) is 6.24. The number of nitrogens with two attached hydrogens (primary N) is 1. The van der Waals surface area contributed by atoms with Crippen LogP contribution in [0.2, 0.25) is 10.0 Å². The van der Waals surface area contributed by atoms with Crippen LogP contribution in [0.4, 0.5) is 5.95 Å². The first-order chi connectivity index (χ1) is 9.56. The van der Waals surface area contributed by atoms with E-state index < -0.39 is 0 Å². The second-order valence-corrected chi connectivity index (χ2v) is 5.57. The third-order valence-corrected chi connectivity index (χ3v) is 3.91. The summed E-state index contributed by atoms with van der Waals surface area (Å²) in [4.78, 5) is 4.37. The lowest BCUT2D eigenvalue weighted by Gasteiger charge is -2.16. The molecule has 0 saturated carbocycles. The molecule has 0 radical (unpaired) electrons. The van der Waals surface area contributed by atoms with Gasteiger partial charge in [0.15, 0.2) is 0 Å². The first kappa shape index (κ1) is 13.3. The molecule has 0 fully saturated rings. The quantitative estimate of drug-likeness (QED) is 0.755. The van der Waals surface area contributed by atoms with Gasteiger partial charge in [0, 0.05) is 10.0 Å². The highest BCUT2D eigenvalue weighted by atomic mass is 35.5. The van der Waals surface area contributed by atoms with Crippen LogP contribution in [0, 0.1) is 0 Å². The molecule has 102 valence electrons. The minimum Gasteiger partial charge on any atom is -0.369 e. The van der Waals surface area contributed by atoms with Gasteiger partial charge in [0.05, 0.1) is 17.1 Å². The molecule has 0 aliphatic heterocycles. The second-order valence-electron chi connectivity index (χ2n) is 4.70. The molecular weight excluding hydrogens is 293 g/mol. The van der Waals surface area contributed by atoms with Gasteiger partial charge in [0.25, 0.3) is 0 Å². The van der Waals surface area contributed by atoms with E-state index in [0.29, 0.717) is 16.0 Å². The fraction of sp³-hybridized carbons (Fsp3) is 0.133. The van der Waals surface area contributed by atoms with Crippen molar-refractivity contribution in [2.75, 3.05) is 5.73 Å². The Morgan fingerprint density at radius 2 is 1.70 bits per heavy atom. The lowest BCUT2D eigenvalue weighted by atomic mass is 10.1. The first-order valence-corrected chi connectivity index (χ1v) is 7.00. The summed E-state index contributed by atoms with van der Waals surface area (Å²) in [7, 11) is 0. The van der Waals surface area contributed by atoms with E-state index in [2.05, 4.69) is 11.9 Å². The molecule has 3 aromatic rings. The Labute approximate surface area is 126 Å². The molecule has 1 atom stereocenters. The summed E-state index contributed by atoms with van der Waals surface area (Å²) in [5.41, 5.74) is 8.93. The van der Waals surface area contributed by atoms with E-state index in [0.717, 1.165) is 16.6 Å². The number of benzene rings is 2. The number of halogens is 2. The van der Waals surface area contributed by atoms with Gasteiger partial charge < -0.3 is 10.3 Å². The van der Waals surface area contributed by atoms with E-state index >= 15 is 0 Å². The number of rotatable bonds is 2. The molecule has 20 heavy (non-hydrogen) atoms. The molecule has 1 unspecified atom stereocenters. The molecule has 1 heterocycles. The average Bonchev–Trinajstić information content (AvgIpc) is 2.74. The zero-order valence-corrected chi connectivity index (χ0v) is 12.4. The Morgan fingerprint density at radius 1 is 1.05 bits per heavy atom. The van der Waals surface area contributed by atoms with Crippen molar-refractivity contribution in [3.63, 3.8) is 0 Å². The average molecular weight is 306 g/mol. The van der Waals surface area contributed by atoms with Gasteiger partial charge in [-0.1, -0.05) is 35.3 Å². The summed E-state index contributed by atoms with van der Waals surface area (Å²) in [6, 6.07) is 13.3. The third-order valence-electron chi connectivity index (χ3n) is 3.42. The number of fused-ring (bicyclic) bond motifs is 1. The standard InChI is InChI=1S/C15H13Cl2N3/c1-9(10-2-4-11(16)5-3-10)20-14-8-12(17)6-7-13(14)19-15(20)18/h2-9H,1H3,(H2,18,19). The lowest BCUT2D eigenvalue weighted by Crippen LogP contribution is -2.10. The molecule has 1 aromatic heterocycles. The SMILES string of the molecule is CC(c1ccc(Cl)cc1)n1c(N)nc2ccc(Cl)cc21. The van der Waals surface area contributed by atoms with Crippen LogP contribution < -0.4 is 5.73 Å². The summed E-state index contributed by atoms with van der Waals surface area (Å²) >= 11 is 12.0. The maximum Gasteiger partial charge on any atom is 0.201 e. The molecule has 5 heteroatoms. The van der Waals surface area contributed by atoms with Crippen LogP contribution in [-0.2, 0) is 0 Å². The lowest BCUT2D eigenvalue weighted by molar-refractivity contribution is 0.668. The Morgan fingerprint density at radius 3 is 2.40 bits per heavy atom. The van der Waals surface area contributed by atoms with Crippen molar-refractivity contribution in [2.45, 2.75) is 13.0 Å². The van der Waals surface area contributed by atoms with Gasteiger partial charge in [-0.15, -0.1) is 0 Å². The molecule has 0 bridgehead atoms. The van der Waals surface area contributed by atoms with E-state index in [-0.39, 0.29) is 6.04 Å². The Bertz CT molecular complexity index is 763. The monoisotopic (exact) mass is 305 g/mol. The molecular formula is C15H13Cl2N3. The normalized spacial score (nSPS) is 12.8. The number of nitrogen functional groups attached to an aromatic ring is 1. The molecule has 0 aliphatic carbocycles. The van der Waals surface area contributed by atoms with Crippen LogP contribution in [0.1, 0.15) is 18.5 Å². The Balaban J connectivity index is 2.15. The fourth-order valence-electron chi connectivity index (χ4n) is 2.38. The Hall–Kier alpha value is -1.71. The van der Waals surface area contributed by atoms with E-state index in [1.54, 1.807) is 0 Å². The number of hydrogen-bond donors (Lipinski definition) is 1. The zero-order chi connectivity index (χ0) is 14.3. The number of aromatic nitrogens is 2. The van der Waals surface area contributed by atoms with Gasteiger partial charge in [-0.2, -0.15) is 0 Å². The van der Waals surface area contributed by atoms with Crippen molar-refractivity contribution in [3.8, 4) is 0 Å². The smallest absolute Gasteiger partial charge is 0.201 e. The van der Waals surface area contributed by atoms with E-state index in [1.807, 2.05) is 47.0 Å². The van der Waals surface area contributed by atoms with Crippen molar-refractivity contribution < 1.29 is 0 Å². The van der Waals surface area contributed by atoms with Crippen LogP contribution in [0.3, 0.4) is 0 Å². The van der Waals surface area contributed by atoms with Crippen molar-refractivity contribution in [1.29, 1.82) is 0 Å². The predicted molar refractivity (Wildman–Crippen MR) is 84.4 cm³/mol. The predicted octanol–water partition coefficient (Wildman–Crippen LogP) is 4.53.